The molecule has 3 aromatic rings. The predicted molar refractivity (Wildman–Crippen MR) is 94.2 cm³/mol. The molecule has 1 aromatic carbocycles. The topological polar surface area (TPSA) is 115 Å². The number of hydrogen-bond donors (Lipinski definition) is 3. The maximum absolute atomic E-state index is 8.84. The molecule has 0 aliphatic carbocycles. The van der Waals surface area contributed by atoms with Crippen LogP contribution in [0.5, 0.6) is 0 Å². The molecule has 8 heteroatoms. The van der Waals surface area contributed by atoms with E-state index in [1.807, 2.05) is 34.9 Å². The predicted octanol–water partition coefficient (Wildman–Crippen LogP) is 2.88. The fourth-order valence-corrected chi connectivity index (χ4v) is 2.29. The molecule has 2 heterocycles. The zero-order valence-electron chi connectivity index (χ0n) is 12.4. The summed E-state index contributed by atoms with van der Waals surface area (Å²) in [6.07, 6.45) is 3.66. The molecule has 0 atom stereocenters. The van der Waals surface area contributed by atoms with Crippen molar-refractivity contribution in [1.82, 2.24) is 9.38 Å². The summed E-state index contributed by atoms with van der Waals surface area (Å²) in [5.41, 5.74) is 10.9. The summed E-state index contributed by atoms with van der Waals surface area (Å²) in [4.78, 5) is 4.54. The first kappa shape index (κ1) is 15.5. The number of hydrogen-bond acceptors (Lipinski definition) is 5. The van der Waals surface area contributed by atoms with E-state index in [9.17, 15) is 0 Å². The lowest BCUT2D eigenvalue weighted by Gasteiger charge is -2.03. The van der Waals surface area contributed by atoms with Crippen LogP contribution >= 0.6 is 11.6 Å². The number of amidine groups is 1. The second-order valence-corrected chi connectivity index (χ2v) is 5.35. The first-order chi connectivity index (χ1) is 11.6. The molecule has 0 aliphatic rings. The number of rotatable bonds is 4. The van der Waals surface area contributed by atoms with Crippen molar-refractivity contribution in [3.05, 3.63) is 53.8 Å². The number of imidazole rings is 1. The smallest absolute Gasteiger partial charge is 0.201 e. The van der Waals surface area contributed by atoms with Gasteiger partial charge >= 0.3 is 0 Å². The average Bonchev–Trinajstić information content (AvgIpc) is 2.98. The normalized spacial score (nSPS) is 11.2. The number of nitriles is 1. The second kappa shape index (κ2) is 6.40. The molecule has 4 N–H and O–H groups in total. The molecule has 0 saturated heterocycles. The maximum atomic E-state index is 8.84. The van der Waals surface area contributed by atoms with Crippen LogP contribution in [0.2, 0.25) is 5.02 Å². The minimum atomic E-state index is -0.390. The van der Waals surface area contributed by atoms with E-state index in [-0.39, 0.29) is 5.71 Å². The summed E-state index contributed by atoms with van der Waals surface area (Å²) in [5, 5.41) is 20.5. The van der Waals surface area contributed by atoms with Gasteiger partial charge < -0.3 is 10.1 Å². The molecule has 24 heavy (non-hydrogen) atoms. The van der Waals surface area contributed by atoms with Crippen molar-refractivity contribution in [2.24, 2.45) is 10.8 Å². The summed E-state index contributed by atoms with van der Waals surface area (Å²) in [7, 11) is 0. The third kappa shape index (κ3) is 3.19. The van der Waals surface area contributed by atoms with Crippen molar-refractivity contribution in [2.75, 3.05) is 5.43 Å². The molecular formula is C16H12ClN7. The number of aromatic nitrogens is 2. The number of nitrogens with zero attached hydrogens (tertiary/aromatic N) is 4. The Hall–Kier alpha value is -3.37. The number of hydrazone groups is 1. The van der Waals surface area contributed by atoms with Crippen molar-refractivity contribution < 1.29 is 0 Å². The van der Waals surface area contributed by atoms with E-state index < -0.39 is 5.84 Å². The fraction of sp³-hybridized carbons (Fsp3) is 0. The van der Waals surface area contributed by atoms with E-state index in [0.29, 0.717) is 10.7 Å². The minimum absolute atomic E-state index is 0.178. The van der Waals surface area contributed by atoms with Crippen LogP contribution in [-0.2, 0) is 0 Å². The molecule has 0 saturated carbocycles. The van der Waals surface area contributed by atoms with Gasteiger partial charge in [0.15, 0.2) is 5.84 Å². The number of benzene rings is 1. The quantitative estimate of drug-likeness (QED) is 0.385. The third-order valence-corrected chi connectivity index (χ3v) is 3.45. The Bertz CT molecular complexity index is 997. The van der Waals surface area contributed by atoms with Crippen LogP contribution in [0.15, 0.2) is 53.9 Å². The van der Waals surface area contributed by atoms with E-state index in [0.717, 1.165) is 16.9 Å². The van der Waals surface area contributed by atoms with Gasteiger partial charge in [0, 0.05) is 18.0 Å². The van der Waals surface area contributed by atoms with E-state index in [2.05, 4.69) is 15.5 Å². The molecule has 0 spiro atoms. The van der Waals surface area contributed by atoms with Gasteiger partial charge in [-0.1, -0.05) is 23.7 Å². The van der Waals surface area contributed by atoms with Gasteiger partial charge in [-0.15, -0.1) is 0 Å². The van der Waals surface area contributed by atoms with Gasteiger partial charge in [-0.05, 0) is 24.3 Å². The van der Waals surface area contributed by atoms with E-state index in [1.54, 1.807) is 24.4 Å². The van der Waals surface area contributed by atoms with Gasteiger partial charge in [-0.3, -0.25) is 10.8 Å². The minimum Gasteiger partial charge on any atom is -0.382 e. The Morgan fingerprint density at radius 3 is 2.92 bits per heavy atom. The van der Waals surface area contributed by atoms with Crippen molar-refractivity contribution in [3.8, 4) is 17.3 Å². The Morgan fingerprint density at radius 2 is 2.17 bits per heavy atom. The van der Waals surface area contributed by atoms with E-state index in [4.69, 9.17) is 28.0 Å². The van der Waals surface area contributed by atoms with Crippen LogP contribution in [0.4, 0.5) is 5.69 Å². The van der Waals surface area contributed by atoms with Gasteiger partial charge in [0.1, 0.15) is 11.7 Å². The largest absolute Gasteiger partial charge is 0.382 e. The van der Waals surface area contributed by atoms with Gasteiger partial charge in [0.05, 0.1) is 16.4 Å². The lowest BCUT2D eigenvalue weighted by molar-refractivity contribution is 1.19. The molecule has 0 amide bonds. The van der Waals surface area contributed by atoms with E-state index in [1.165, 1.54) is 0 Å². The molecule has 3 rings (SSSR count). The molecule has 118 valence electrons. The van der Waals surface area contributed by atoms with Crippen molar-refractivity contribution in [3.63, 3.8) is 0 Å². The van der Waals surface area contributed by atoms with Crippen LogP contribution in [0.25, 0.3) is 16.9 Å². The first-order valence-electron chi connectivity index (χ1n) is 6.90. The standard InChI is InChI=1S/C16H12ClN7/c17-11-4-5-15-21-14(9-24(15)8-11)10-2-1-3-12(6-10)22-23-13(7-18)16(19)20/h1-6,8-9,22H,(H3,19,20)/b23-13+. The SMILES string of the molecule is N#C/C(=N\Nc1cccc(-c2cn3cc(Cl)ccc3n2)c1)C(=N)N. The monoisotopic (exact) mass is 337 g/mol. The highest BCUT2D eigenvalue weighted by molar-refractivity contribution is 6.45. The first-order valence-corrected chi connectivity index (χ1v) is 7.27. The Morgan fingerprint density at radius 1 is 1.33 bits per heavy atom. The molecular weight excluding hydrogens is 326 g/mol. The number of anilines is 1. The second-order valence-electron chi connectivity index (χ2n) is 4.92. The summed E-state index contributed by atoms with van der Waals surface area (Å²) >= 11 is 5.98. The van der Waals surface area contributed by atoms with Gasteiger partial charge in [-0.2, -0.15) is 10.4 Å². The zero-order valence-corrected chi connectivity index (χ0v) is 13.1. The van der Waals surface area contributed by atoms with Crippen LogP contribution in [0.3, 0.4) is 0 Å². The van der Waals surface area contributed by atoms with E-state index >= 15 is 0 Å². The highest BCUT2D eigenvalue weighted by atomic mass is 35.5. The molecule has 7 nitrogen and oxygen atoms in total. The van der Waals surface area contributed by atoms with Crippen LogP contribution in [-0.4, -0.2) is 20.9 Å². The van der Waals surface area contributed by atoms with Crippen molar-refractivity contribution in [2.45, 2.75) is 0 Å². The highest BCUT2D eigenvalue weighted by Crippen LogP contribution is 2.23. The van der Waals surface area contributed by atoms with Crippen LogP contribution in [0, 0.1) is 16.7 Å². The third-order valence-electron chi connectivity index (χ3n) is 3.23. The van der Waals surface area contributed by atoms with Crippen molar-refractivity contribution in [1.29, 1.82) is 10.7 Å². The number of pyridine rings is 1. The fourth-order valence-electron chi connectivity index (χ4n) is 2.12. The number of fused-ring (bicyclic) bond motifs is 1. The molecule has 0 unspecified atom stereocenters. The lowest BCUT2D eigenvalue weighted by Crippen LogP contribution is -2.21. The summed E-state index contributed by atoms with van der Waals surface area (Å²) in [5.74, 6) is -0.390. The lowest BCUT2D eigenvalue weighted by atomic mass is 10.1. The summed E-state index contributed by atoms with van der Waals surface area (Å²) in [6.45, 7) is 0. The van der Waals surface area contributed by atoms with Gasteiger partial charge in [0.25, 0.3) is 0 Å². The van der Waals surface area contributed by atoms with Crippen molar-refractivity contribution >= 4 is 34.5 Å². The summed E-state index contributed by atoms with van der Waals surface area (Å²) < 4.78 is 1.85. The van der Waals surface area contributed by atoms with Crippen LogP contribution < -0.4 is 11.2 Å². The summed E-state index contributed by atoms with van der Waals surface area (Å²) in [6, 6.07) is 12.7. The number of nitrogens with one attached hydrogen (secondary N) is 2. The Labute approximate surface area is 142 Å². The highest BCUT2D eigenvalue weighted by Gasteiger charge is 2.06. The zero-order chi connectivity index (χ0) is 17.1. The Kier molecular flexibility index (Phi) is 4.14. The van der Waals surface area contributed by atoms with Crippen LogP contribution in [0.1, 0.15) is 0 Å². The molecule has 0 fully saturated rings. The molecule has 2 aromatic heterocycles. The Balaban J connectivity index is 1.92. The van der Waals surface area contributed by atoms with Gasteiger partial charge in [-0.25, -0.2) is 4.98 Å². The molecule has 0 radical (unpaired) electrons. The van der Waals surface area contributed by atoms with Gasteiger partial charge in [0.2, 0.25) is 5.71 Å². The number of halogens is 1. The maximum Gasteiger partial charge on any atom is 0.201 e. The molecule has 0 aliphatic heterocycles. The average molecular weight is 338 g/mol. The number of nitrogens with two attached hydrogens (primary N) is 1. The molecule has 0 bridgehead atoms.